The van der Waals surface area contributed by atoms with Gasteiger partial charge in [-0.25, -0.2) is 4.79 Å². The number of rotatable bonds is 5. The Hall–Kier alpha value is -2.95. The Bertz CT molecular complexity index is 872. The summed E-state index contributed by atoms with van der Waals surface area (Å²) in [5.41, 5.74) is 0.864. The normalized spacial score (nSPS) is 10.6. The van der Waals surface area contributed by atoms with Crippen LogP contribution in [0.5, 0.6) is 0 Å². The van der Waals surface area contributed by atoms with Gasteiger partial charge in [-0.2, -0.15) is 0 Å². The molecule has 0 spiro atoms. The zero-order valence-electron chi connectivity index (χ0n) is 12.5. The second-order valence-electron chi connectivity index (χ2n) is 5.17. The average molecular weight is 308 g/mol. The number of hydrogen-bond donors (Lipinski definition) is 1. The molecule has 23 heavy (non-hydrogen) atoms. The molecule has 1 amide bonds. The van der Waals surface area contributed by atoms with Gasteiger partial charge < -0.3 is 9.73 Å². The number of nitrogens with one attached hydrogen (secondary N) is 1. The molecule has 0 atom stereocenters. The predicted molar refractivity (Wildman–Crippen MR) is 87.4 cm³/mol. The predicted octanol–water partition coefficient (Wildman–Crippen LogP) is 2.55. The Kier molecular flexibility index (Phi) is 4.47. The van der Waals surface area contributed by atoms with Crippen molar-refractivity contribution in [2.75, 3.05) is 6.54 Å². The number of benzene rings is 1. The number of para-hydroxylation sites is 1. The van der Waals surface area contributed by atoms with Gasteiger partial charge in [0.1, 0.15) is 11.1 Å². The zero-order chi connectivity index (χ0) is 16.1. The van der Waals surface area contributed by atoms with E-state index in [0.29, 0.717) is 12.1 Å². The van der Waals surface area contributed by atoms with E-state index in [1.54, 1.807) is 30.5 Å². The fraction of sp³-hybridized carbons (Fsp3) is 0.167. The minimum atomic E-state index is -0.620. The molecule has 5 heteroatoms. The summed E-state index contributed by atoms with van der Waals surface area (Å²) in [6, 6.07) is 14.4. The maximum Gasteiger partial charge on any atom is 0.349 e. The molecule has 1 aromatic carbocycles. The van der Waals surface area contributed by atoms with Crippen LogP contribution < -0.4 is 10.9 Å². The van der Waals surface area contributed by atoms with E-state index in [4.69, 9.17) is 4.42 Å². The maximum atomic E-state index is 12.1. The molecule has 3 rings (SSSR count). The van der Waals surface area contributed by atoms with E-state index in [0.717, 1.165) is 23.9 Å². The number of fused-ring (bicyclic) bond motifs is 1. The Morgan fingerprint density at radius 1 is 1.13 bits per heavy atom. The summed E-state index contributed by atoms with van der Waals surface area (Å²) < 4.78 is 5.16. The number of carbonyl (C=O) groups excluding carboxylic acids is 1. The highest BCUT2D eigenvalue weighted by Crippen LogP contribution is 2.12. The highest BCUT2D eigenvalue weighted by atomic mass is 16.4. The molecule has 0 aliphatic carbocycles. The molecule has 0 aliphatic heterocycles. The Labute approximate surface area is 133 Å². The molecule has 1 N–H and O–H groups in total. The summed E-state index contributed by atoms with van der Waals surface area (Å²) in [7, 11) is 0. The average Bonchev–Trinajstić information content (AvgIpc) is 2.59. The standard InChI is InChI=1S/C18H16N2O3/c21-17(20-11-5-8-14-7-3-4-10-19-14)15-12-13-6-1-2-9-16(13)23-18(15)22/h1-4,6-7,9-10,12H,5,8,11H2,(H,20,21). The second kappa shape index (κ2) is 6.87. The number of carbonyl (C=O) groups is 1. The highest BCUT2D eigenvalue weighted by molar-refractivity contribution is 5.96. The van der Waals surface area contributed by atoms with Gasteiger partial charge >= 0.3 is 5.63 Å². The van der Waals surface area contributed by atoms with Crippen molar-refractivity contribution >= 4 is 16.9 Å². The third-order valence-electron chi connectivity index (χ3n) is 3.51. The molecule has 0 saturated heterocycles. The van der Waals surface area contributed by atoms with Crippen molar-refractivity contribution in [3.8, 4) is 0 Å². The van der Waals surface area contributed by atoms with Crippen molar-refractivity contribution < 1.29 is 9.21 Å². The molecular weight excluding hydrogens is 292 g/mol. The molecule has 0 bridgehead atoms. The summed E-state index contributed by atoms with van der Waals surface area (Å²) in [5.74, 6) is -0.412. The molecule has 0 fully saturated rings. The smallest absolute Gasteiger partial charge is 0.349 e. The fourth-order valence-corrected chi connectivity index (χ4v) is 2.33. The maximum absolute atomic E-state index is 12.1. The van der Waals surface area contributed by atoms with Crippen LogP contribution in [0.2, 0.25) is 0 Å². The number of hydrogen-bond acceptors (Lipinski definition) is 4. The van der Waals surface area contributed by atoms with E-state index in [1.165, 1.54) is 0 Å². The molecule has 0 unspecified atom stereocenters. The van der Waals surface area contributed by atoms with Gasteiger partial charge in [-0.3, -0.25) is 9.78 Å². The van der Waals surface area contributed by atoms with Crippen molar-refractivity contribution in [2.24, 2.45) is 0 Å². The van der Waals surface area contributed by atoms with Gasteiger partial charge in [-0.15, -0.1) is 0 Å². The number of nitrogens with zero attached hydrogens (tertiary/aromatic N) is 1. The highest BCUT2D eigenvalue weighted by Gasteiger charge is 2.12. The van der Waals surface area contributed by atoms with Gasteiger partial charge in [0.25, 0.3) is 5.91 Å². The van der Waals surface area contributed by atoms with Crippen LogP contribution in [0.1, 0.15) is 22.5 Å². The van der Waals surface area contributed by atoms with Crippen molar-refractivity contribution in [3.63, 3.8) is 0 Å². The Morgan fingerprint density at radius 2 is 1.96 bits per heavy atom. The van der Waals surface area contributed by atoms with E-state index < -0.39 is 11.5 Å². The van der Waals surface area contributed by atoms with E-state index in [1.807, 2.05) is 24.3 Å². The topological polar surface area (TPSA) is 72.2 Å². The SMILES string of the molecule is O=C(NCCCc1ccccn1)c1cc2ccccc2oc1=O. The van der Waals surface area contributed by atoms with Gasteiger partial charge in [-0.1, -0.05) is 24.3 Å². The largest absolute Gasteiger partial charge is 0.422 e. The number of aromatic nitrogens is 1. The summed E-state index contributed by atoms with van der Waals surface area (Å²) in [4.78, 5) is 28.2. The lowest BCUT2D eigenvalue weighted by molar-refractivity contribution is 0.0949. The monoisotopic (exact) mass is 308 g/mol. The first-order valence-electron chi connectivity index (χ1n) is 7.45. The van der Waals surface area contributed by atoms with Gasteiger partial charge in [-0.05, 0) is 37.1 Å². The third-order valence-corrected chi connectivity index (χ3v) is 3.51. The Morgan fingerprint density at radius 3 is 2.78 bits per heavy atom. The van der Waals surface area contributed by atoms with Crippen LogP contribution in [-0.4, -0.2) is 17.4 Å². The van der Waals surface area contributed by atoms with E-state index in [2.05, 4.69) is 10.3 Å². The molecule has 3 aromatic rings. The second-order valence-corrected chi connectivity index (χ2v) is 5.17. The lowest BCUT2D eigenvalue weighted by Gasteiger charge is -2.05. The molecule has 5 nitrogen and oxygen atoms in total. The third kappa shape index (κ3) is 3.63. The van der Waals surface area contributed by atoms with E-state index in [9.17, 15) is 9.59 Å². The van der Waals surface area contributed by atoms with Crippen LogP contribution in [0.25, 0.3) is 11.0 Å². The van der Waals surface area contributed by atoms with Crippen molar-refractivity contribution in [1.29, 1.82) is 0 Å². The molecular formula is C18H16N2O3. The minimum absolute atomic E-state index is 0.0292. The van der Waals surface area contributed by atoms with Crippen molar-refractivity contribution in [3.05, 3.63) is 76.4 Å². The number of aryl methyl sites for hydroxylation is 1. The van der Waals surface area contributed by atoms with Crippen LogP contribution in [0.3, 0.4) is 0 Å². The van der Waals surface area contributed by atoms with Crippen LogP contribution in [0.15, 0.2) is 63.9 Å². The molecule has 0 saturated carbocycles. The molecule has 2 heterocycles. The summed E-state index contributed by atoms with van der Waals surface area (Å²) >= 11 is 0. The lowest BCUT2D eigenvalue weighted by atomic mass is 10.1. The molecule has 0 radical (unpaired) electrons. The van der Waals surface area contributed by atoms with Gasteiger partial charge in [0, 0.05) is 23.8 Å². The summed E-state index contributed by atoms with van der Waals surface area (Å²) in [6.07, 6.45) is 3.27. The van der Waals surface area contributed by atoms with E-state index >= 15 is 0 Å². The lowest BCUT2D eigenvalue weighted by Crippen LogP contribution is -2.29. The molecule has 116 valence electrons. The first-order valence-corrected chi connectivity index (χ1v) is 7.45. The minimum Gasteiger partial charge on any atom is -0.422 e. The molecule has 2 aromatic heterocycles. The summed E-state index contributed by atoms with van der Waals surface area (Å²) in [5, 5.41) is 3.48. The summed E-state index contributed by atoms with van der Waals surface area (Å²) in [6.45, 7) is 0.474. The van der Waals surface area contributed by atoms with Crippen molar-refractivity contribution in [1.82, 2.24) is 10.3 Å². The van der Waals surface area contributed by atoms with Gasteiger partial charge in [0.15, 0.2) is 0 Å². The molecule has 0 aliphatic rings. The van der Waals surface area contributed by atoms with Gasteiger partial charge in [0.05, 0.1) is 0 Å². The zero-order valence-corrected chi connectivity index (χ0v) is 12.5. The number of amides is 1. The Balaban J connectivity index is 1.62. The van der Waals surface area contributed by atoms with Crippen LogP contribution in [0.4, 0.5) is 0 Å². The van der Waals surface area contributed by atoms with Crippen LogP contribution >= 0.6 is 0 Å². The van der Waals surface area contributed by atoms with E-state index in [-0.39, 0.29) is 5.56 Å². The van der Waals surface area contributed by atoms with Crippen LogP contribution in [-0.2, 0) is 6.42 Å². The number of pyridine rings is 1. The first kappa shape index (κ1) is 15.0. The first-order chi connectivity index (χ1) is 11.2. The van der Waals surface area contributed by atoms with Crippen LogP contribution in [0, 0.1) is 0 Å². The van der Waals surface area contributed by atoms with Crippen molar-refractivity contribution in [2.45, 2.75) is 12.8 Å². The quantitative estimate of drug-likeness (QED) is 0.581. The van der Waals surface area contributed by atoms with Gasteiger partial charge in [0.2, 0.25) is 0 Å². The fourth-order valence-electron chi connectivity index (χ4n) is 2.33.